The van der Waals surface area contributed by atoms with Crippen LogP contribution in [0.25, 0.3) is 11.0 Å². The first kappa shape index (κ1) is 9.72. The van der Waals surface area contributed by atoms with E-state index in [1.54, 1.807) is 11.8 Å². The molecule has 2 aromatic rings. The molecule has 0 bridgehead atoms. The molecule has 3 rings (SSSR count). The van der Waals surface area contributed by atoms with Crippen LogP contribution in [0, 0.1) is 0 Å². The zero-order valence-electron chi connectivity index (χ0n) is 8.73. The second-order valence-corrected chi connectivity index (χ2v) is 4.70. The highest BCUT2D eigenvalue weighted by molar-refractivity contribution is 8.14. The SMILES string of the molecule is c1ccc2[nH]c(NC3=NCCCS3)nc2c1. The molecule has 4 nitrogen and oxygen atoms in total. The van der Waals surface area contributed by atoms with Crippen molar-refractivity contribution < 1.29 is 0 Å². The fourth-order valence-electron chi connectivity index (χ4n) is 1.65. The molecule has 2 heterocycles. The number of rotatable bonds is 1. The second kappa shape index (κ2) is 4.17. The average molecular weight is 232 g/mol. The molecule has 1 aliphatic rings. The van der Waals surface area contributed by atoms with E-state index in [0.717, 1.165) is 40.9 Å². The van der Waals surface area contributed by atoms with E-state index in [2.05, 4.69) is 20.3 Å². The van der Waals surface area contributed by atoms with Gasteiger partial charge in [0.25, 0.3) is 0 Å². The second-order valence-electron chi connectivity index (χ2n) is 3.62. The normalized spacial score (nSPS) is 16.1. The Balaban J connectivity index is 1.86. The first-order valence-electron chi connectivity index (χ1n) is 5.31. The number of nitrogens with one attached hydrogen (secondary N) is 2. The molecule has 0 spiro atoms. The van der Waals surface area contributed by atoms with Gasteiger partial charge in [-0.05, 0) is 18.6 Å². The number of anilines is 1. The van der Waals surface area contributed by atoms with Gasteiger partial charge in [0.05, 0.1) is 11.0 Å². The third-order valence-corrected chi connectivity index (χ3v) is 3.41. The van der Waals surface area contributed by atoms with Gasteiger partial charge >= 0.3 is 0 Å². The summed E-state index contributed by atoms with van der Waals surface area (Å²) in [5.41, 5.74) is 2.03. The molecule has 0 saturated carbocycles. The van der Waals surface area contributed by atoms with Crippen LogP contribution in [0.15, 0.2) is 29.3 Å². The van der Waals surface area contributed by atoms with Gasteiger partial charge in [-0.15, -0.1) is 0 Å². The van der Waals surface area contributed by atoms with E-state index in [-0.39, 0.29) is 0 Å². The molecule has 0 aliphatic carbocycles. The third-order valence-electron chi connectivity index (χ3n) is 2.41. The highest BCUT2D eigenvalue weighted by atomic mass is 32.2. The minimum atomic E-state index is 0.773. The zero-order chi connectivity index (χ0) is 10.8. The Hall–Kier alpha value is -1.49. The van der Waals surface area contributed by atoms with Gasteiger partial charge in [-0.1, -0.05) is 23.9 Å². The van der Waals surface area contributed by atoms with Gasteiger partial charge in [0.1, 0.15) is 0 Å². The van der Waals surface area contributed by atoms with Crippen molar-refractivity contribution in [2.45, 2.75) is 6.42 Å². The Bertz CT molecular complexity index is 499. The Morgan fingerprint density at radius 2 is 2.25 bits per heavy atom. The van der Waals surface area contributed by atoms with Gasteiger partial charge in [0.2, 0.25) is 5.95 Å². The lowest BCUT2D eigenvalue weighted by Crippen LogP contribution is -2.14. The predicted octanol–water partition coefficient (Wildman–Crippen LogP) is 2.47. The number of aromatic nitrogens is 2. The van der Waals surface area contributed by atoms with Crippen LogP contribution < -0.4 is 5.32 Å². The Labute approximate surface area is 97.6 Å². The lowest BCUT2D eigenvalue weighted by atomic mass is 10.3. The molecular weight excluding hydrogens is 220 g/mol. The Morgan fingerprint density at radius 3 is 3.06 bits per heavy atom. The van der Waals surface area contributed by atoms with Crippen LogP contribution >= 0.6 is 11.8 Å². The fraction of sp³-hybridized carbons (Fsp3) is 0.273. The number of aromatic amines is 1. The molecule has 0 saturated heterocycles. The van der Waals surface area contributed by atoms with Crippen LogP contribution in [0.1, 0.15) is 6.42 Å². The molecule has 0 fully saturated rings. The molecule has 82 valence electrons. The van der Waals surface area contributed by atoms with Crippen molar-refractivity contribution in [3.63, 3.8) is 0 Å². The fourth-order valence-corrected chi connectivity index (χ4v) is 2.47. The topological polar surface area (TPSA) is 53.1 Å². The highest BCUT2D eigenvalue weighted by Gasteiger charge is 2.08. The lowest BCUT2D eigenvalue weighted by molar-refractivity contribution is 0.937. The maximum absolute atomic E-state index is 4.45. The van der Waals surface area contributed by atoms with E-state index < -0.39 is 0 Å². The van der Waals surface area contributed by atoms with Crippen LogP contribution in [0.3, 0.4) is 0 Å². The Morgan fingerprint density at radius 1 is 1.31 bits per heavy atom. The smallest absolute Gasteiger partial charge is 0.207 e. The van der Waals surface area contributed by atoms with Gasteiger partial charge in [0, 0.05) is 12.3 Å². The number of amidine groups is 1. The molecule has 5 heteroatoms. The molecule has 0 atom stereocenters. The lowest BCUT2D eigenvalue weighted by Gasteiger charge is -2.10. The number of hydrogen-bond donors (Lipinski definition) is 2. The van der Waals surface area contributed by atoms with Crippen molar-refractivity contribution in [1.29, 1.82) is 0 Å². The molecule has 0 amide bonds. The number of aliphatic imine (C=N–C) groups is 1. The average Bonchev–Trinajstić information content (AvgIpc) is 2.72. The molecular formula is C11H12N4S. The van der Waals surface area contributed by atoms with Gasteiger partial charge in [-0.25, -0.2) is 4.98 Å². The molecule has 1 aromatic heterocycles. The van der Waals surface area contributed by atoms with E-state index in [4.69, 9.17) is 0 Å². The highest BCUT2D eigenvalue weighted by Crippen LogP contribution is 2.17. The number of H-pyrrole nitrogens is 1. The van der Waals surface area contributed by atoms with E-state index in [1.165, 1.54) is 0 Å². The zero-order valence-corrected chi connectivity index (χ0v) is 9.55. The summed E-state index contributed by atoms with van der Waals surface area (Å²) >= 11 is 1.75. The molecule has 0 unspecified atom stereocenters. The van der Waals surface area contributed by atoms with Crippen molar-refractivity contribution in [2.75, 3.05) is 17.6 Å². The van der Waals surface area contributed by atoms with Crippen molar-refractivity contribution >= 4 is 33.9 Å². The Kier molecular flexibility index (Phi) is 2.53. The standard InChI is InChI=1S/C11H12N4S/c1-2-5-9-8(4-1)13-10(14-9)15-11-12-6-3-7-16-11/h1-2,4-5H,3,6-7H2,(H2,12,13,14,15). The van der Waals surface area contributed by atoms with E-state index >= 15 is 0 Å². The monoisotopic (exact) mass is 232 g/mol. The number of thioether (sulfide) groups is 1. The molecule has 16 heavy (non-hydrogen) atoms. The van der Waals surface area contributed by atoms with E-state index in [0.29, 0.717) is 0 Å². The van der Waals surface area contributed by atoms with Gasteiger partial charge in [0.15, 0.2) is 5.17 Å². The van der Waals surface area contributed by atoms with Crippen molar-refractivity contribution in [1.82, 2.24) is 9.97 Å². The number of fused-ring (bicyclic) bond motifs is 1. The molecule has 0 radical (unpaired) electrons. The largest absolute Gasteiger partial charge is 0.324 e. The van der Waals surface area contributed by atoms with Crippen LogP contribution in [0.2, 0.25) is 0 Å². The van der Waals surface area contributed by atoms with Gasteiger partial charge < -0.3 is 10.3 Å². The van der Waals surface area contributed by atoms with Crippen molar-refractivity contribution in [3.8, 4) is 0 Å². The summed E-state index contributed by atoms with van der Waals surface area (Å²) < 4.78 is 0. The third kappa shape index (κ3) is 1.90. The van der Waals surface area contributed by atoms with Gasteiger partial charge in [-0.2, -0.15) is 0 Å². The molecule has 1 aromatic carbocycles. The minimum Gasteiger partial charge on any atom is -0.324 e. The van der Waals surface area contributed by atoms with Crippen LogP contribution in [0.5, 0.6) is 0 Å². The maximum atomic E-state index is 4.45. The number of para-hydroxylation sites is 2. The predicted molar refractivity (Wildman–Crippen MR) is 69.1 cm³/mol. The summed E-state index contributed by atoms with van der Waals surface area (Å²) in [4.78, 5) is 12.1. The molecule has 1 aliphatic heterocycles. The number of hydrogen-bond acceptors (Lipinski definition) is 4. The first-order valence-corrected chi connectivity index (χ1v) is 6.29. The van der Waals surface area contributed by atoms with Crippen LogP contribution in [-0.2, 0) is 0 Å². The van der Waals surface area contributed by atoms with E-state index in [9.17, 15) is 0 Å². The van der Waals surface area contributed by atoms with E-state index in [1.807, 2.05) is 24.3 Å². The quantitative estimate of drug-likeness (QED) is 0.794. The van der Waals surface area contributed by atoms with Crippen molar-refractivity contribution in [2.24, 2.45) is 4.99 Å². The summed E-state index contributed by atoms with van der Waals surface area (Å²) in [6, 6.07) is 7.99. The number of benzene rings is 1. The number of imidazole rings is 1. The number of nitrogens with zero attached hydrogens (tertiary/aromatic N) is 2. The molecule has 2 N–H and O–H groups in total. The summed E-state index contributed by atoms with van der Waals surface area (Å²) in [7, 11) is 0. The van der Waals surface area contributed by atoms with Crippen LogP contribution in [0.4, 0.5) is 5.95 Å². The maximum Gasteiger partial charge on any atom is 0.207 e. The van der Waals surface area contributed by atoms with Crippen LogP contribution in [-0.4, -0.2) is 27.4 Å². The van der Waals surface area contributed by atoms with Gasteiger partial charge in [-0.3, -0.25) is 4.99 Å². The summed E-state index contributed by atoms with van der Waals surface area (Å²) in [6.45, 7) is 0.912. The first-order chi connectivity index (χ1) is 7.92. The minimum absolute atomic E-state index is 0.773. The summed E-state index contributed by atoms with van der Waals surface area (Å²) in [5.74, 6) is 1.90. The summed E-state index contributed by atoms with van der Waals surface area (Å²) in [6.07, 6.45) is 1.16. The summed E-state index contributed by atoms with van der Waals surface area (Å²) in [5, 5.41) is 4.18. The van der Waals surface area contributed by atoms with Crippen molar-refractivity contribution in [3.05, 3.63) is 24.3 Å².